The predicted molar refractivity (Wildman–Crippen MR) is 152 cm³/mol. The van der Waals surface area contributed by atoms with Gasteiger partial charge in [-0.1, -0.05) is 31.4 Å². The van der Waals surface area contributed by atoms with Crippen molar-refractivity contribution in [1.29, 1.82) is 0 Å². The third kappa shape index (κ3) is 6.52. The quantitative estimate of drug-likeness (QED) is 0.291. The van der Waals surface area contributed by atoms with Crippen LogP contribution < -0.4 is 16.3 Å². The first-order valence-corrected chi connectivity index (χ1v) is 14.7. The average molecular weight is 630 g/mol. The topological polar surface area (TPSA) is 142 Å². The number of allylic oxidation sites excluding steroid dienone is 1. The standard InChI is InChI=1S/C29H39ClF3N5O5/c1-16-12-23(39)37(13-16)14-21-24-17(9-11-38(21)26(40)18-6-4-5-10-28(18,2)27(41)42)19(30)7-8-22(24)43-15-20(34)25(36(3)35)29(31,32)33/h7-8,16,18,21H,4-6,9-15,34-35H2,1-3H3,(H,41,42)/b25-20-/t16?,18?,21?,28-/m0/s1. The number of fused-ring (bicyclic) bond motifs is 1. The van der Waals surface area contributed by atoms with E-state index in [4.69, 9.17) is 27.9 Å². The van der Waals surface area contributed by atoms with Crippen LogP contribution in [0, 0.1) is 17.3 Å². The highest BCUT2D eigenvalue weighted by atomic mass is 35.5. The van der Waals surface area contributed by atoms with Crippen molar-refractivity contribution in [3.8, 4) is 5.75 Å². The minimum absolute atomic E-state index is 0.0856. The maximum absolute atomic E-state index is 14.3. The average Bonchev–Trinajstić information content (AvgIpc) is 3.23. The van der Waals surface area contributed by atoms with E-state index < -0.39 is 47.5 Å². The van der Waals surface area contributed by atoms with E-state index in [9.17, 15) is 32.7 Å². The molecule has 2 amide bonds. The first kappa shape index (κ1) is 32.7. The molecule has 2 aliphatic heterocycles. The van der Waals surface area contributed by atoms with Gasteiger partial charge >= 0.3 is 12.1 Å². The number of likely N-dealkylation sites (tertiary alicyclic amines) is 1. The molecule has 238 valence electrons. The Hall–Kier alpha value is -3.19. The first-order chi connectivity index (χ1) is 20.1. The zero-order chi connectivity index (χ0) is 31.9. The molecule has 0 aromatic heterocycles. The molecule has 4 atom stereocenters. The first-order valence-electron chi connectivity index (χ1n) is 14.4. The molecular weight excluding hydrogens is 591 g/mol. The molecule has 2 fully saturated rings. The summed E-state index contributed by atoms with van der Waals surface area (Å²) in [5, 5.41) is 10.9. The summed E-state index contributed by atoms with van der Waals surface area (Å²) in [6.45, 7) is 3.67. The van der Waals surface area contributed by atoms with Gasteiger partial charge in [0.1, 0.15) is 12.4 Å². The fraction of sp³-hybridized carbons (Fsp3) is 0.621. The highest BCUT2D eigenvalue weighted by Crippen LogP contribution is 2.46. The van der Waals surface area contributed by atoms with Crippen molar-refractivity contribution in [2.75, 3.05) is 33.3 Å². The Balaban J connectivity index is 1.77. The van der Waals surface area contributed by atoms with Crippen LogP contribution in [-0.2, 0) is 20.8 Å². The van der Waals surface area contributed by atoms with Gasteiger partial charge in [0.25, 0.3) is 0 Å². The summed E-state index contributed by atoms with van der Waals surface area (Å²) in [5.41, 5.74) is 3.75. The number of carboxylic acids is 1. The molecule has 3 aliphatic rings. The number of nitrogens with two attached hydrogens (primary N) is 2. The number of hydrogen-bond donors (Lipinski definition) is 3. The Kier molecular flexibility index (Phi) is 9.46. The zero-order valence-corrected chi connectivity index (χ0v) is 25.3. The molecule has 1 aliphatic carbocycles. The number of halogens is 4. The lowest BCUT2D eigenvalue weighted by Gasteiger charge is -2.45. The van der Waals surface area contributed by atoms with Crippen molar-refractivity contribution in [3.05, 3.63) is 39.7 Å². The third-order valence-corrected chi connectivity index (χ3v) is 9.31. The van der Waals surface area contributed by atoms with Crippen molar-refractivity contribution < 1.29 is 37.4 Å². The Bertz CT molecular complexity index is 1310. The second-order valence-corrected chi connectivity index (χ2v) is 12.5. The minimum atomic E-state index is -4.83. The molecule has 0 spiro atoms. The number of amides is 2. The van der Waals surface area contributed by atoms with Crippen LogP contribution in [-0.4, -0.2) is 77.2 Å². The fourth-order valence-corrected chi connectivity index (χ4v) is 6.99. The van der Waals surface area contributed by atoms with Gasteiger partial charge in [-0.2, -0.15) is 13.2 Å². The lowest BCUT2D eigenvalue weighted by molar-refractivity contribution is -0.162. The SMILES string of the molecule is CC1CC(=O)N(CC2c3c(OC/C(N)=C(/N(C)N)C(F)(F)F)ccc(Cl)c3CCN2C(=O)C2CCCC[C@]2(C)C(=O)O)C1. The summed E-state index contributed by atoms with van der Waals surface area (Å²) in [6, 6.07) is 2.30. The number of benzene rings is 1. The fourth-order valence-electron chi connectivity index (χ4n) is 6.73. The molecule has 1 saturated heterocycles. The van der Waals surface area contributed by atoms with E-state index in [0.29, 0.717) is 66.2 Å². The number of aliphatic carboxylic acids is 1. The van der Waals surface area contributed by atoms with E-state index in [1.807, 2.05) is 6.92 Å². The second kappa shape index (κ2) is 12.4. The summed E-state index contributed by atoms with van der Waals surface area (Å²) in [6.07, 6.45) is -2.01. The van der Waals surface area contributed by atoms with Gasteiger partial charge in [0.05, 0.1) is 23.1 Å². The molecule has 1 aromatic carbocycles. The van der Waals surface area contributed by atoms with Crippen LogP contribution in [0.15, 0.2) is 23.5 Å². The molecular formula is C29H39ClF3N5O5. The molecule has 14 heteroatoms. The van der Waals surface area contributed by atoms with Crippen molar-refractivity contribution in [2.45, 2.75) is 64.6 Å². The molecule has 10 nitrogen and oxygen atoms in total. The van der Waals surface area contributed by atoms with Crippen molar-refractivity contribution in [2.24, 2.45) is 28.8 Å². The smallest absolute Gasteiger partial charge is 0.434 e. The number of rotatable bonds is 8. The summed E-state index contributed by atoms with van der Waals surface area (Å²) in [4.78, 5) is 42.8. The molecule has 1 aromatic rings. The molecule has 2 heterocycles. The maximum Gasteiger partial charge on any atom is 0.434 e. The normalized spacial score (nSPS) is 26.6. The Morgan fingerprint density at radius 1 is 1.28 bits per heavy atom. The van der Waals surface area contributed by atoms with Crippen LogP contribution in [0.3, 0.4) is 0 Å². The number of nitrogens with zero attached hydrogens (tertiary/aromatic N) is 3. The van der Waals surface area contributed by atoms with Gasteiger partial charge in [-0.25, -0.2) is 5.84 Å². The molecule has 0 bridgehead atoms. The molecule has 0 radical (unpaired) electrons. The number of carbonyl (C=O) groups excluding carboxylic acids is 2. The van der Waals surface area contributed by atoms with E-state index in [0.717, 1.165) is 7.05 Å². The van der Waals surface area contributed by atoms with E-state index >= 15 is 0 Å². The number of carboxylic acid groups (broad SMARTS) is 1. The maximum atomic E-state index is 14.3. The van der Waals surface area contributed by atoms with E-state index in [-0.39, 0.29) is 36.6 Å². The monoisotopic (exact) mass is 629 g/mol. The second-order valence-electron chi connectivity index (χ2n) is 12.1. The van der Waals surface area contributed by atoms with E-state index in [2.05, 4.69) is 0 Å². The van der Waals surface area contributed by atoms with Gasteiger partial charge < -0.3 is 30.4 Å². The lowest BCUT2D eigenvalue weighted by Crippen LogP contribution is -2.52. The molecule has 3 unspecified atom stereocenters. The van der Waals surface area contributed by atoms with Crippen molar-refractivity contribution in [3.63, 3.8) is 0 Å². The van der Waals surface area contributed by atoms with Gasteiger partial charge in [0.2, 0.25) is 11.8 Å². The number of alkyl halides is 3. The van der Waals surface area contributed by atoms with Gasteiger partial charge in [-0.3, -0.25) is 14.4 Å². The van der Waals surface area contributed by atoms with Crippen LogP contribution in [0.1, 0.15) is 63.1 Å². The zero-order valence-electron chi connectivity index (χ0n) is 24.5. The largest absolute Gasteiger partial charge is 0.487 e. The minimum Gasteiger partial charge on any atom is -0.487 e. The Morgan fingerprint density at radius 2 is 1.98 bits per heavy atom. The molecule has 1 saturated carbocycles. The number of hydrogen-bond acceptors (Lipinski definition) is 7. The van der Waals surface area contributed by atoms with Crippen LogP contribution in [0.2, 0.25) is 5.02 Å². The molecule has 5 N–H and O–H groups in total. The Morgan fingerprint density at radius 3 is 2.56 bits per heavy atom. The molecule has 4 rings (SSSR count). The van der Waals surface area contributed by atoms with Gasteiger partial charge in [0, 0.05) is 43.7 Å². The van der Waals surface area contributed by atoms with Crippen molar-refractivity contribution >= 4 is 29.4 Å². The van der Waals surface area contributed by atoms with Gasteiger partial charge in [0.15, 0.2) is 5.70 Å². The third-order valence-electron chi connectivity index (χ3n) is 8.96. The predicted octanol–water partition coefficient (Wildman–Crippen LogP) is 3.83. The van der Waals surface area contributed by atoms with Gasteiger partial charge in [-0.05, 0) is 49.8 Å². The summed E-state index contributed by atoms with van der Waals surface area (Å²) in [7, 11) is 1.02. The number of ether oxygens (including phenoxy) is 1. The van der Waals surface area contributed by atoms with E-state index in [1.54, 1.807) is 22.8 Å². The van der Waals surface area contributed by atoms with Crippen LogP contribution in [0.5, 0.6) is 5.75 Å². The highest BCUT2D eigenvalue weighted by molar-refractivity contribution is 6.31. The van der Waals surface area contributed by atoms with Crippen molar-refractivity contribution in [1.82, 2.24) is 14.8 Å². The van der Waals surface area contributed by atoms with Gasteiger partial charge in [-0.15, -0.1) is 0 Å². The lowest BCUT2D eigenvalue weighted by atomic mass is 9.66. The number of carbonyl (C=O) groups is 3. The summed E-state index contributed by atoms with van der Waals surface area (Å²) in [5.74, 6) is 3.42. The molecule has 43 heavy (non-hydrogen) atoms. The summed E-state index contributed by atoms with van der Waals surface area (Å²) >= 11 is 6.60. The number of hydrazine groups is 1. The van der Waals surface area contributed by atoms with E-state index in [1.165, 1.54) is 6.07 Å². The van der Waals surface area contributed by atoms with Crippen LogP contribution in [0.4, 0.5) is 13.2 Å². The summed E-state index contributed by atoms with van der Waals surface area (Å²) < 4.78 is 46.7. The van der Waals surface area contributed by atoms with Crippen LogP contribution in [0.25, 0.3) is 0 Å². The highest BCUT2D eigenvalue weighted by Gasteiger charge is 2.50. The van der Waals surface area contributed by atoms with Crippen LogP contribution >= 0.6 is 11.6 Å². The Labute approximate surface area is 253 Å².